The summed E-state index contributed by atoms with van der Waals surface area (Å²) in [5.41, 5.74) is 12.8. The van der Waals surface area contributed by atoms with Crippen LogP contribution in [-0.2, 0) is 13.0 Å². The van der Waals surface area contributed by atoms with Gasteiger partial charge >= 0.3 is 0 Å². The number of fused-ring (bicyclic) bond motifs is 3. The molecule has 0 bridgehead atoms. The minimum Gasteiger partial charge on any atom is -0.340 e. The van der Waals surface area contributed by atoms with E-state index < -0.39 is 0 Å². The van der Waals surface area contributed by atoms with Crippen LogP contribution in [0.3, 0.4) is 0 Å². The van der Waals surface area contributed by atoms with Crippen molar-refractivity contribution in [2.45, 2.75) is 58.9 Å². The van der Waals surface area contributed by atoms with E-state index in [1.54, 1.807) is 0 Å². The number of nitrogens with one attached hydrogen (secondary N) is 2. The quantitative estimate of drug-likeness (QED) is 0.163. The molecule has 0 aliphatic heterocycles. The summed E-state index contributed by atoms with van der Waals surface area (Å²) in [4.78, 5) is 0. The summed E-state index contributed by atoms with van der Waals surface area (Å²) in [7, 11) is 0. The van der Waals surface area contributed by atoms with Crippen LogP contribution in [0.5, 0.6) is 0 Å². The van der Waals surface area contributed by atoms with Gasteiger partial charge in [-0.05, 0) is 51.3 Å². The van der Waals surface area contributed by atoms with Crippen molar-refractivity contribution in [2.75, 3.05) is 0 Å². The Hall–Kier alpha value is -2.46. The summed E-state index contributed by atoms with van der Waals surface area (Å²) in [6.07, 6.45) is 13.5. The molecular weight excluding hydrogens is 380 g/mol. The van der Waals surface area contributed by atoms with Crippen molar-refractivity contribution in [3.8, 4) is 0 Å². The topological polar surface area (TPSA) is 65.0 Å². The van der Waals surface area contributed by atoms with Crippen LogP contribution in [0.15, 0.2) is 53.2 Å². The first-order valence-electron chi connectivity index (χ1n) is 10.3. The molecule has 1 aliphatic rings. The molecule has 0 amide bonds. The highest BCUT2D eigenvalue weighted by atomic mass is 35.5. The lowest BCUT2D eigenvalue weighted by Gasteiger charge is -2.14. The highest BCUT2D eigenvalue weighted by Crippen LogP contribution is 2.33. The van der Waals surface area contributed by atoms with Crippen molar-refractivity contribution in [3.05, 3.63) is 64.9 Å². The monoisotopic (exact) mass is 410 g/mol. The van der Waals surface area contributed by atoms with Gasteiger partial charge in [0.25, 0.3) is 0 Å². The molecule has 3 rings (SSSR count). The number of halogens is 1. The largest absolute Gasteiger partial charge is 0.340 e. The van der Waals surface area contributed by atoms with Gasteiger partial charge in [-0.3, -0.25) is 5.41 Å². The number of amidine groups is 1. The van der Waals surface area contributed by atoms with Crippen molar-refractivity contribution in [3.63, 3.8) is 0 Å². The molecule has 1 heterocycles. The van der Waals surface area contributed by atoms with E-state index in [4.69, 9.17) is 22.5 Å². The van der Waals surface area contributed by atoms with Gasteiger partial charge in [0.2, 0.25) is 0 Å². The highest BCUT2D eigenvalue weighted by molar-refractivity contribution is 6.21. The molecule has 2 aromatic rings. The number of nitrogens with zero attached hydrogens (tertiary/aromatic N) is 2. The van der Waals surface area contributed by atoms with Crippen molar-refractivity contribution < 1.29 is 0 Å². The Labute approximate surface area is 179 Å². The molecule has 0 saturated carbocycles. The zero-order valence-corrected chi connectivity index (χ0v) is 18.6. The maximum atomic E-state index is 7.84. The summed E-state index contributed by atoms with van der Waals surface area (Å²) < 4.78 is 2.38. The first-order chi connectivity index (χ1) is 14.0. The molecule has 1 aromatic carbocycles. The molecule has 0 saturated heterocycles. The molecule has 0 spiro atoms. The van der Waals surface area contributed by atoms with E-state index in [2.05, 4.69) is 34.8 Å². The lowest BCUT2D eigenvalue weighted by Crippen LogP contribution is -2.06. The minimum atomic E-state index is -0.00796. The van der Waals surface area contributed by atoms with Crippen LogP contribution in [0.1, 0.15) is 57.4 Å². The summed E-state index contributed by atoms with van der Waals surface area (Å²) >= 11 is 6.29. The molecule has 1 unspecified atom stereocenters. The van der Waals surface area contributed by atoms with Crippen LogP contribution >= 0.6 is 11.6 Å². The standard InChI is InChI=1S/C22H25ClN4.C2H6/c1-3-6-17(23)11-9-15(2)14-27-20-8-5-4-7-18(20)19-13-16(22(24)26-25)10-12-21(19)27;1-2/h3-4,6-7,9-10,12-13,17,24-25H,5,8,11,14H2,1-2H3;1-2H3/b6-3-,15-9+,24-22?,26-25?;. The molecule has 29 heavy (non-hydrogen) atoms. The van der Waals surface area contributed by atoms with E-state index in [1.807, 2.05) is 51.1 Å². The van der Waals surface area contributed by atoms with E-state index in [0.29, 0.717) is 5.56 Å². The summed E-state index contributed by atoms with van der Waals surface area (Å²) in [5.74, 6) is -0.00796. The normalized spacial score (nSPS) is 14.4. The van der Waals surface area contributed by atoms with Crippen molar-refractivity contribution in [2.24, 2.45) is 5.11 Å². The van der Waals surface area contributed by atoms with Gasteiger partial charge in [-0.2, -0.15) is 0 Å². The third-order valence-electron chi connectivity index (χ3n) is 4.93. The van der Waals surface area contributed by atoms with Crippen molar-refractivity contribution in [1.82, 2.24) is 4.57 Å². The second kappa shape index (κ2) is 10.9. The summed E-state index contributed by atoms with van der Waals surface area (Å²) in [6.45, 7) is 8.97. The Kier molecular flexibility index (Phi) is 8.59. The van der Waals surface area contributed by atoms with Crippen molar-refractivity contribution >= 4 is 34.4 Å². The predicted octanol–water partition coefficient (Wildman–Crippen LogP) is 7.50. The molecule has 5 heteroatoms. The van der Waals surface area contributed by atoms with E-state index in [-0.39, 0.29) is 11.2 Å². The lowest BCUT2D eigenvalue weighted by molar-refractivity contribution is 0.741. The molecule has 1 atom stereocenters. The zero-order chi connectivity index (χ0) is 21.4. The number of hydrogen-bond donors (Lipinski definition) is 2. The van der Waals surface area contributed by atoms with E-state index in [1.165, 1.54) is 16.8 Å². The van der Waals surface area contributed by atoms with Gasteiger partial charge < -0.3 is 4.57 Å². The molecular formula is C24H31ClN4. The second-order valence-electron chi connectivity index (χ2n) is 6.91. The first-order valence-corrected chi connectivity index (χ1v) is 10.7. The zero-order valence-electron chi connectivity index (χ0n) is 17.8. The summed E-state index contributed by atoms with van der Waals surface area (Å²) in [6, 6.07) is 5.92. The number of aromatic nitrogens is 1. The number of alkyl halides is 1. The Morgan fingerprint density at radius 3 is 2.79 bits per heavy atom. The van der Waals surface area contributed by atoms with Crippen LogP contribution in [0.4, 0.5) is 0 Å². The van der Waals surface area contributed by atoms with Crippen LogP contribution in [0.2, 0.25) is 0 Å². The summed E-state index contributed by atoms with van der Waals surface area (Å²) in [5, 5.41) is 12.3. The molecule has 2 N–H and O–H groups in total. The molecule has 1 aromatic heterocycles. The average Bonchev–Trinajstić information content (AvgIpc) is 3.06. The minimum absolute atomic E-state index is 0.00796. The number of hydrogen-bond acceptors (Lipinski definition) is 2. The third-order valence-corrected chi connectivity index (χ3v) is 5.26. The fraction of sp³-hybridized carbons (Fsp3) is 0.375. The van der Waals surface area contributed by atoms with Crippen LogP contribution in [0.25, 0.3) is 17.0 Å². The second-order valence-corrected chi connectivity index (χ2v) is 7.47. The number of allylic oxidation sites excluding steroid dienone is 5. The molecule has 4 nitrogen and oxygen atoms in total. The number of rotatable bonds is 6. The molecule has 0 fully saturated rings. The average molecular weight is 411 g/mol. The highest BCUT2D eigenvalue weighted by Gasteiger charge is 2.18. The number of benzene rings is 1. The Balaban J connectivity index is 0.00000145. The fourth-order valence-electron chi connectivity index (χ4n) is 3.62. The van der Waals surface area contributed by atoms with E-state index >= 15 is 0 Å². The van der Waals surface area contributed by atoms with E-state index in [9.17, 15) is 0 Å². The fourth-order valence-corrected chi connectivity index (χ4v) is 3.85. The van der Waals surface area contributed by atoms with Gasteiger partial charge in [-0.15, -0.1) is 16.7 Å². The lowest BCUT2D eigenvalue weighted by atomic mass is 10.0. The van der Waals surface area contributed by atoms with Crippen LogP contribution < -0.4 is 0 Å². The van der Waals surface area contributed by atoms with Gasteiger partial charge in [-0.1, -0.05) is 49.8 Å². The van der Waals surface area contributed by atoms with Gasteiger partial charge in [0.15, 0.2) is 5.84 Å². The first kappa shape index (κ1) is 22.8. The maximum Gasteiger partial charge on any atom is 0.173 e. The Morgan fingerprint density at radius 2 is 2.10 bits per heavy atom. The van der Waals surface area contributed by atoms with Gasteiger partial charge in [0.1, 0.15) is 0 Å². The van der Waals surface area contributed by atoms with Crippen LogP contribution in [0, 0.1) is 10.9 Å². The van der Waals surface area contributed by atoms with E-state index in [0.717, 1.165) is 36.7 Å². The predicted molar refractivity (Wildman–Crippen MR) is 125 cm³/mol. The third kappa shape index (κ3) is 5.33. The molecule has 154 valence electrons. The smallest absolute Gasteiger partial charge is 0.173 e. The maximum absolute atomic E-state index is 7.84. The van der Waals surface area contributed by atoms with Crippen LogP contribution in [-0.4, -0.2) is 15.8 Å². The van der Waals surface area contributed by atoms with Gasteiger partial charge in [0.05, 0.1) is 5.38 Å². The Morgan fingerprint density at radius 1 is 1.34 bits per heavy atom. The molecule has 1 aliphatic carbocycles. The molecule has 0 radical (unpaired) electrons. The van der Waals surface area contributed by atoms with Crippen molar-refractivity contribution in [1.29, 1.82) is 10.9 Å². The SMILES string of the molecule is C/C=C\C(Cl)C/C=C(\C)Cn1c2c(c3cc(C(=N)N=N)ccc31)C=CCC2.CC. The van der Waals surface area contributed by atoms with Gasteiger partial charge in [-0.25, -0.2) is 5.53 Å². The van der Waals surface area contributed by atoms with Gasteiger partial charge in [0, 0.05) is 34.3 Å². The Bertz CT molecular complexity index is 963.